The summed E-state index contributed by atoms with van der Waals surface area (Å²) in [6.07, 6.45) is 2.08. The third-order valence-electron chi connectivity index (χ3n) is 14.8. The molecule has 0 aromatic heterocycles. The number of hydrogen-bond acceptors (Lipinski definition) is 12. The van der Waals surface area contributed by atoms with Crippen LogP contribution in [0.2, 0.25) is 0 Å². The molecular weight excluding hydrogens is 906 g/mol. The first-order valence-electron chi connectivity index (χ1n) is 25.0. The lowest BCUT2D eigenvalue weighted by Crippen LogP contribution is -2.52. The topological polar surface area (TPSA) is 165 Å². The molecule has 4 aliphatic heterocycles. The second-order valence-electron chi connectivity index (χ2n) is 20.1. The molecule has 378 valence electrons. The van der Waals surface area contributed by atoms with Crippen LogP contribution >= 0.6 is 0 Å². The van der Waals surface area contributed by atoms with Crippen LogP contribution in [0, 0.1) is 51.9 Å². The number of likely N-dealkylation sites (N-methyl/N-ethyl adjacent to an activating group) is 2. The van der Waals surface area contributed by atoms with Gasteiger partial charge < -0.3 is 30.7 Å². The number of Topliss-reactive ketones (excluding diaryl/α,β-unsaturated/α-hetero) is 2. The number of rotatable bonds is 16. The molecule has 4 aromatic rings. The summed E-state index contributed by atoms with van der Waals surface area (Å²) in [7, 11) is 4.23. The zero-order valence-electron chi connectivity index (χ0n) is 41.3. The van der Waals surface area contributed by atoms with Gasteiger partial charge in [-0.25, -0.2) is 13.2 Å². The van der Waals surface area contributed by atoms with Gasteiger partial charge in [-0.2, -0.15) is 10.5 Å². The first kappa shape index (κ1) is 53.5. The molecule has 0 spiro atoms. The van der Waals surface area contributed by atoms with E-state index in [0.29, 0.717) is 86.5 Å². The Morgan fingerprint density at radius 1 is 0.549 bits per heavy atom. The summed E-state index contributed by atoms with van der Waals surface area (Å²) < 4.78 is 55.4. The zero-order chi connectivity index (χ0) is 50.5. The Kier molecular flexibility index (Phi) is 18.7. The summed E-state index contributed by atoms with van der Waals surface area (Å²) in [5.41, 5.74) is 16.2. The smallest absolute Gasteiger partial charge is 0.154 e. The average molecular weight is 975 g/mol. The number of piperazine rings is 2. The van der Waals surface area contributed by atoms with E-state index in [-0.39, 0.29) is 48.9 Å². The Morgan fingerprint density at radius 2 is 0.901 bits per heavy atom. The second kappa shape index (κ2) is 24.9. The predicted octanol–water partition coefficient (Wildman–Crippen LogP) is 6.92. The highest BCUT2D eigenvalue weighted by Crippen LogP contribution is 2.30. The number of nitrogens with zero attached hydrogens (tertiary/aromatic N) is 6. The van der Waals surface area contributed by atoms with E-state index in [4.69, 9.17) is 20.9 Å². The van der Waals surface area contributed by atoms with Gasteiger partial charge in [0.1, 0.15) is 17.5 Å². The minimum Gasteiger partial charge on any atom is -0.381 e. The number of ether oxygens (including phenoxy) is 2. The van der Waals surface area contributed by atoms with E-state index < -0.39 is 28.7 Å². The fourth-order valence-corrected chi connectivity index (χ4v) is 9.69. The van der Waals surface area contributed by atoms with Gasteiger partial charge in [0, 0.05) is 110 Å². The van der Waals surface area contributed by atoms with E-state index in [1.165, 1.54) is 23.8 Å². The van der Waals surface area contributed by atoms with Crippen molar-refractivity contribution in [1.29, 1.82) is 10.5 Å². The van der Waals surface area contributed by atoms with Crippen LogP contribution in [0.15, 0.2) is 78.9 Å². The Bertz CT molecular complexity index is 2520. The van der Waals surface area contributed by atoms with Crippen LogP contribution in [-0.4, -0.2) is 135 Å². The number of benzene rings is 4. The molecule has 4 aliphatic rings. The van der Waals surface area contributed by atoms with Gasteiger partial charge in [0.25, 0.3) is 0 Å². The molecule has 4 heterocycles. The fraction of sp³-hybridized carbons (Fsp3) is 0.500. The van der Waals surface area contributed by atoms with Crippen LogP contribution in [0.1, 0.15) is 60.8 Å². The van der Waals surface area contributed by atoms with Gasteiger partial charge in [-0.3, -0.25) is 19.4 Å². The van der Waals surface area contributed by atoms with Crippen molar-refractivity contribution in [3.63, 3.8) is 0 Å². The minimum absolute atomic E-state index is 0.0197. The number of carbonyl (C=O) groups is 2. The first-order chi connectivity index (χ1) is 34.1. The highest BCUT2D eigenvalue weighted by Gasteiger charge is 2.38. The van der Waals surface area contributed by atoms with Crippen molar-refractivity contribution in [3.05, 3.63) is 119 Å². The number of carbonyl (C=O) groups excluding carboxylic acids is 2. The Labute approximate surface area is 417 Å². The lowest BCUT2D eigenvalue weighted by molar-refractivity contribution is -0.128. The van der Waals surface area contributed by atoms with E-state index in [1.807, 2.05) is 24.3 Å². The molecule has 4 saturated heterocycles. The monoisotopic (exact) mass is 975 g/mol. The zero-order valence-corrected chi connectivity index (χ0v) is 41.3. The molecule has 71 heavy (non-hydrogen) atoms. The molecule has 2 atom stereocenters. The summed E-state index contributed by atoms with van der Waals surface area (Å²) in [5, 5.41) is 19.2. The molecule has 4 N–H and O–H groups in total. The van der Waals surface area contributed by atoms with Crippen molar-refractivity contribution >= 4 is 11.6 Å². The summed E-state index contributed by atoms with van der Waals surface area (Å²) in [4.78, 5) is 34.8. The minimum atomic E-state index is -0.976. The lowest BCUT2D eigenvalue weighted by Gasteiger charge is -2.32. The Balaban J connectivity index is 0.000000209. The maximum atomic E-state index is 15.0. The number of ketones is 2. The molecular formula is C56H69F3N8O4. The maximum Gasteiger partial charge on any atom is 0.154 e. The van der Waals surface area contributed by atoms with Crippen LogP contribution in [-0.2, 0) is 45.0 Å². The van der Waals surface area contributed by atoms with Gasteiger partial charge >= 0.3 is 0 Å². The van der Waals surface area contributed by atoms with E-state index in [0.717, 1.165) is 70.0 Å². The van der Waals surface area contributed by atoms with Crippen molar-refractivity contribution in [2.24, 2.45) is 23.3 Å². The molecule has 0 radical (unpaired) electrons. The number of halogens is 3. The van der Waals surface area contributed by atoms with Gasteiger partial charge in [-0.05, 0) is 110 Å². The molecule has 4 aromatic carbocycles. The van der Waals surface area contributed by atoms with Crippen molar-refractivity contribution < 1.29 is 32.2 Å². The van der Waals surface area contributed by atoms with Crippen LogP contribution in [0.5, 0.6) is 0 Å². The molecule has 0 unspecified atom stereocenters. The van der Waals surface area contributed by atoms with Crippen molar-refractivity contribution in [2.45, 2.75) is 75.5 Å². The van der Waals surface area contributed by atoms with Gasteiger partial charge in [-0.15, -0.1) is 0 Å². The van der Waals surface area contributed by atoms with E-state index in [1.54, 1.807) is 24.3 Å². The SMILES string of the molecule is CN1CCN(Cc2ccc(-c3ccc(C[C@@H](C#N)CC(=O)C4(N)CCOCC4)c(F)c3)cc2)CC1.CN1CCN(Cc2ccc(-c3ccc(C[C@@H](C#N)CC(=O)C4(N)CCOCC4)c(F)c3)cc2F)CC1. The maximum absolute atomic E-state index is 15.0. The van der Waals surface area contributed by atoms with Crippen LogP contribution in [0.4, 0.5) is 13.2 Å². The molecule has 15 heteroatoms. The summed E-state index contributed by atoms with van der Waals surface area (Å²) in [6.45, 7) is 11.3. The van der Waals surface area contributed by atoms with Gasteiger partial charge in [0.2, 0.25) is 0 Å². The highest BCUT2D eigenvalue weighted by molar-refractivity contribution is 5.89. The molecule has 4 fully saturated rings. The predicted molar refractivity (Wildman–Crippen MR) is 268 cm³/mol. The number of hydrogen-bond donors (Lipinski definition) is 2. The normalized spacial score (nSPS) is 19.6. The molecule has 12 nitrogen and oxygen atoms in total. The van der Waals surface area contributed by atoms with Gasteiger partial charge in [-0.1, -0.05) is 60.7 Å². The third-order valence-corrected chi connectivity index (χ3v) is 14.8. The second-order valence-corrected chi connectivity index (χ2v) is 20.1. The third kappa shape index (κ3) is 14.7. The first-order valence-corrected chi connectivity index (χ1v) is 25.0. The lowest BCUT2D eigenvalue weighted by atomic mass is 9.81. The van der Waals surface area contributed by atoms with Gasteiger partial charge in [0.05, 0.1) is 35.1 Å². The quantitative estimate of drug-likeness (QED) is 0.119. The Morgan fingerprint density at radius 3 is 1.28 bits per heavy atom. The summed E-state index contributed by atoms with van der Waals surface area (Å²) in [6, 6.07) is 27.4. The fourth-order valence-electron chi connectivity index (χ4n) is 9.69. The molecule has 0 bridgehead atoms. The van der Waals surface area contributed by atoms with Crippen LogP contribution in [0.25, 0.3) is 22.3 Å². The van der Waals surface area contributed by atoms with Crippen LogP contribution in [0.3, 0.4) is 0 Å². The highest BCUT2D eigenvalue weighted by atomic mass is 19.1. The molecule has 8 rings (SSSR count). The number of nitrogens with two attached hydrogens (primary N) is 2. The van der Waals surface area contributed by atoms with Gasteiger partial charge in [0.15, 0.2) is 11.6 Å². The van der Waals surface area contributed by atoms with E-state index in [2.05, 4.69) is 58.0 Å². The largest absolute Gasteiger partial charge is 0.381 e. The standard InChI is InChI=1S/C28H34F2N4O2.C28H35FN4O2/c1-33-8-10-34(11-9-33)19-24-5-3-22(17-26(24)30)21-2-4-23(25(29)16-21)14-20(18-31)15-27(35)28(32)6-12-36-13-7-28;1-32-10-12-33(13-11-32)20-21-2-4-23(5-3-21)24-6-7-25(26(29)18-24)16-22(19-30)17-27(34)28(31)8-14-35-15-9-28/h2-5,16-17,20H,6-15,19,32H2,1H3;2-7,18,22H,8-17,20,31H2,1H3/t20-;22-/m11/s1. The average Bonchev–Trinajstić information content (AvgIpc) is 3.37. The van der Waals surface area contributed by atoms with Crippen LogP contribution < -0.4 is 11.5 Å². The molecule has 0 aliphatic carbocycles. The summed E-state index contributed by atoms with van der Waals surface area (Å²) >= 11 is 0. The molecule has 0 amide bonds. The summed E-state index contributed by atoms with van der Waals surface area (Å²) in [5.74, 6) is -2.74. The van der Waals surface area contributed by atoms with Crippen molar-refractivity contribution in [3.8, 4) is 34.4 Å². The number of nitriles is 2. The van der Waals surface area contributed by atoms with Crippen molar-refractivity contribution in [1.82, 2.24) is 19.6 Å². The Hall–Kier alpha value is -5.33. The van der Waals surface area contributed by atoms with E-state index >= 15 is 0 Å². The van der Waals surface area contributed by atoms with E-state index in [9.17, 15) is 33.3 Å². The molecule has 0 saturated carbocycles. The van der Waals surface area contributed by atoms with Crippen molar-refractivity contribution in [2.75, 3.05) is 92.9 Å².